The van der Waals surface area contributed by atoms with Crippen LogP contribution in [0.5, 0.6) is 0 Å². The lowest BCUT2D eigenvalue weighted by atomic mass is 10.2. The number of ketones is 1. The van der Waals surface area contributed by atoms with Gasteiger partial charge in [-0.1, -0.05) is 5.11 Å². The lowest BCUT2D eigenvalue weighted by Gasteiger charge is -2.06. The van der Waals surface area contributed by atoms with Crippen LogP contribution in [0.15, 0.2) is 5.11 Å². The van der Waals surface area contributed by atoms with Crippen LogP contribution in [0.1, 0.15) is 6.92 Å². The molecule has 0 aromatic carbocycles. The molecule has 5 nitrogen and oxygen atoms in total. The van der Waals surface area contributed by atoms with E-state index in [0.29, 0.717) is 0 Å². The highest BCUT2D eigenvalue weighted by molar-refractivity contribution is 5.81. The maximum absolute atomic E-state index is 10.6. The average molecular weight is 142 g/mol. The van der Waals surface area contributed by atoms with Crippen molar-refractivity contribution in [3.05, 3.63) is 10.4 Å². The number of carbonyl (C=O) groups is 1. The summed E-state index contributed by atoms with van der Waals surface area (Å²) in [6.45, 7) is 1.64. The van der Waals surface area contributed by atoms with E-state index in [1.807, 2.05) is 0 Å². The number of hydrogen-bond acceptors (Lipinski definition) is 3. The molecular weight excluding hydrogens is 132 g/mol. The average Bonchev–Trinajstić information content (AvgIpc) is 1.89. The molecule has 0 bridgehead atoms. The first-order chi connectivity index (χ1) is 4.72. The summed E-state index contributed by atoms with van der Waals surface area (Å²) in [4.78, 5) is 13.2. The van der Waals surface area contributed by atoms with Crippen LogP contribution in [0.3, 0.4) is 0 Å². The van der Waals surface area contributed by atoms with Crippen LogP contribution in [-0.2, 0) is 4.79 Å². The Kier molecular flexibility index (Phi) is 4.28. The number of nitrogens with zero attached hydrogens (tertiary/aromatic N) is 3. The van der Waals surface area contributed by atoms with E-state index in [1.54, 1.807) is 7.05 Å². The van der Waals surface area contributed by atoms with Gasteiger partial charge in [0.1, 0.15) is 5.78 Å². The summed E-state index contributed by atoms with van der Waals surface area (Å²) in [6.07, 6.45) is 0. The van der Waals surface area contributed by atoms with Crippen LogP contribution in [0.25, 0.3) is 10.4 Å². The van der Waals surface area contributed by atoms with Crippen LogP contribution in [0.2, 0.25) is 0 Å². The van der Waals surface area contributed by atoms with Crippen molar-refractivity contribution in [3.8, 4) is 0 Å². The first kappa shape index (κ1) is 8.94. The van der Waals surface area contributed by atoms with Gasteiger partial charge < -0.3 is 5.32 Å². The van der Waals surface area contributed by atoms with Crippen LogP contribution in [-0.4, -0.2) is 25.4 Å². The highest BCUT2D eigenvalue weighted by Crippen LogP contribution is 1.85. The topological polar surface area (TPSA) is 77.9 Å². The molecule has 0 rings (SSSR count). The summed E-state index contributed by atoms with van der Waals surface area (Å²) in [5.41, 5.74) is 7.91. The largest absolute Gasteiger partial charge is 0.310 e. The van der Waals surface area contributed by atoms with Crippen molar-refractivity contribution >= 4 is 5.78 Å². The van der Waals surface area contributed by atoms with Gasteiger partial charge in [-0.3, -0.25) is 4.79 Å². The summed E-state index contributed by atoms with van der Waals surface area (Å²) >= 11 is 0. The third-order valence-corrected chi connectivity index (χ3v) is 1.17. The van der Waals surface area contributed by atoms with Crippen molar-refractivity contribution in [2.75, 3.05) is 13.6 Å². The number of rotatable bonds is 4. The summed E-state index contributed by atoms with van der Waals surface area (Å²) in [7, 11) is 1.65. The molecule has 1 atom stereocenters. The van der Waals surface area contributed by atoms with E-state index in [-0.39, 0.29) is 18.4 Å². The van der Waals surface area contributed by atoms with E-state index in [9.17, 15) is 4.79 Å². The van der Waals surface area contributed by atoms with Gasteiger partial charge in [-0.25, -0.2) is 0 Å². The zero-order chi connectivity index (χ0) is 7.98. The van der Waals surface area contributed by atoms with Crippen molar-refractivity contribution < 1.29 is 4.79 Å². The molecule has 0 saturated heterocycles. The first-order valence-corrected chi connectivity index (χ1v) is 2.91. The Balaban J connectivity index is 3.82. The Morgan fingerprint density at radius 2 is 2.50 bits per heavy atom. The number of hydrogen-bond donors (Lipinski definition) is 1. The van der Waals surface area contributed by atoms with E-state index in [4.69, 9.17) is 5.53 Å². The SMILES string of the molecule is CN[C@@H](CN=[N+]=[N-])C(C)=O. The number of azide groups is 1. The fourth-order valence-corrected chi connectivity index (χ4v) is 0.541. The molecule has 0 aliphatic rings. The van der Waals surface area contributed by atoms with Gasteiger partial charge in [-0.2, -0.15) is 0 Å². The molecule has 0 unspecified atom stereocenters. The van der Waals surface area contributed by atoms with Crippen molar-refractivity contribution in [2.24, 2.45) is 5.11 Å². The van der Waals surface area contributed by atoms with E-state index >= 15 is 0 Å². The molecule has 0 aliphatic carbocycles. The molecule has 0 heterocycles. The smallest absolute Gasteiger partial charge is 0.146 e. The molecule has 0 spiro atoms. The lowest BCUT2D eigenvalue weighted by Crippen LogP contribution is -2.34. The molecule has 0 radical (unpaired) electrons. The Hall–Kier alpha value is -1.06. The maximum atomic E-state index is 10.6. The normalized spacial score (nSPS) is 11.8. The molecule has 0 aromatic rings. The third-order valence-electron chi connectivity index (χ3n) is 1.17. The molecule has 1 N–H and O–H groups in total. The van der Waals surface area contributed by atoms with Gasteiger partial charge in [0.25, 0.3) is 0 Å². The quantitative estimate of drug-likeness (QED) is 0.352. The lowest BCUT2D eigenvalue weighted by molar-refractivity contribution is -0.118. The van der Waals surface area contributed by atoms with Gasteiger partial charge in [0.15, 0.2) is 0 Å². The predicted molar refractivity (Wildman–Crippen MR) is 37.5 cm³/mol. The second-order valence-corrected chi connectivity index (χ2v) is 1.87. The number of carbonyl (C=O) groups excluding carboxylic acids is 1. The van der Waals surface area contributed by atoms with Crippen LogP contribution in [0.4, 0.5) is 0 Å². The Morgan fingerprint density at radius 3 is 2.80 bits per heavy atom. The molecule has 5 heteroatoms. The van der Waals surface area contributed by atoms with Crippen LogP contribution >= 0.6 is 0 Å². The van der Waals surface area contributed by atoms with E-state index in [1.165, 1.54) is 6.92 Å². The highest BCUT2D eigenvalue weighted by atomic mass is 16.1. The van der Waals surface area contributed by atoms with Gasteiger partial charge in [0, 0.05) is 11.5 Å². The maximum Gasteiger partial charge on any atom is 0.146 e. The van der Waals surface area contributed by atoms with Crippen molar-refractivity contribution in [1.29, 1.82) is 0 Å². The Bertz CT molecular complexity index is 161. The summed E-state index contributed by atoms with van der Waals surface area (Å²) < 4.78 is 0. The minimum atomic E-state index is -0.337. The van der Waals surface area contributed by atoms with Crippen LogP contribution < -0.4 is 5.32 Å². The molecule has 56 valence electrons. The van der Waals surface area contributed by atoms with Gasteiger partial charge in [-0.15, -0.1) is 0 Å². The first-order valence-electron chi connectivity index (χ1n) is 2.91. The second kappa shape index (κ2) is 4.78. The number of Topliss-reactive ketones (excluding diaryl/α,β-unsaturated/α-hetero) is 1. The number of nitrogens with one attached hydrogen (secondary N) is 1. The standard InChI is InChI=1S/C5H10N4O/c1-4(10)5(7-2)3-8-9-6/h5,7H,3H2,1-2H3/t5-/m0/s1. The fourth-order valence-electron chi connectivity index (χ4n) is 0.541. The van der Waals surface area contributed by atoms with Gasteiger partial charge in [-0.05, 0) is 19.5 Å². The minimum Gasteiger partial charge on any atom is -0.310 e. The molecule has 0 aromatic heterocycles. The van der Waals surface area contributed by atoms with E-state index in [2.05, 4.69) is 15.3 Å². The van der Waals surface area contributed by atoms with Gasteiger partial charge in [0.05, 0.1) is 6.04 Å². The molecule has 0 fully saturated rings. The van der Waals surface area contributed by atoms with Crippen molar-refractivity contribution in [2.45, 2.75) is 13.0 Å². The van der Waals surface area contributed by atoms with E-state index in [0.717, 1.165) is 0 Å². The van der Waals surface area contributed by atoms with Crippen LogP contribution in [0, 0.1) is 0 Å². The summed E-state index contributed by atoms with van der Waals surface area (Å²) in [5.74, 6) is -0.0186. The summed E-state index contributed by atoms with van der Waals surface area (Å²) in [5, 5.41) is 5.98. The minimum absolute atomic E-state index is 0.0186. The highest BCUT2D eigenvalue weighted by Gasteiger charge is 2.08. The Labute approximate surface area is 59.0 Å². The fraction of sp³-hybridized carbons (Fsp3) is 0.800. The Morgan fingerprint density at radius 1 is 1.90 bits per heavy atom. The number of likely N-dealkylation sites (N-methyl/N-ethyl adjacent to an activating group) is 1. The predicted octanol–water partition coefficient (Wildman–Crippen LogP) is 0.474. The molecular formula is C5H10N4O. The zero-order valence-corrected chi connectivity index (χ0v) is 6.03. The summed E-state index contributed by atoms with van der Waals surface area (Å²) in [6, 6.07) is -0.337. The van der Waals surface area contributed by atoms with Gasteiger partial charge in [0.2, 0.25) is 0 Å². The van der Waals surface area contributed by atoms with Crippen molar-refractivity contribution in [3.63, 3.8) is 0 Å². The molecule has 0 aliphatic heterocycles. The third kappa shape index (κ3) is 3.06. The second-order valence-electron chi connectivity index (χ2n) is 1.87. The van der Waals surface area contributed by atoms with Crippen molar-refractivity contribution in [1.82, 2.24) is 5.32 Å². The molecule has 10 heavy (non-hydrogen) atoms. The van der Waals surface area contributed by atoms with Gasteiger partial charge >= 0.3 is 0 Å². The van der Waals surface area contributed by atoms with E-state index < -0.39 is 0 Å². The molecule has 0 amide bonds. The zero-order valence-electron chi connectivity index (χ0n) is 6.03. The monoisotopic (exact) mass is 142 g/mol. The molecule has 0 saturated carbocycles.